The highest BCUT2D eigenvalue weighted by atomic mass is 19.1. The predicted molar refractivity (Wildman–Crippen MR) is 105 cm³/mol. The molecule has 0 aliphatic carbocycles. The number of carbonyl (C=O) groups is 1. The molecule has 1 unspecified atom stereocenters. The summed E-state index contributed by atoms with van der Waals surface area (Å²) in [5.74, 6) is -1.91. The molecule has 31 heavy (non-hydrogen) atoms. The maximum Gasteiger partial charge on any atom is 0.260 e. The second kappa shape index (κ2) is 9.11. The van der Waals surface area contributed by atoms with E-state index in [-0.39, 0.29) is 36.6 Å². The van der Waals surface area contributed by atoms with Crippen LogP contribution in [0.5, 0.6) is 11.5 Å². The SMILES string of the molecule is O=C(COc1ccc(F)cc1F)N1CCC(c2cc(COc3cccc(F)c3)[nH]n2)C1. The molecule has 3 aromatic rings. The van der Waals surface area contributed by atoms with Crippen molar-refractivity contribution in [2.45, 2.75) is 18.9 Å². The lowest BCUT2D eigenvalue weighted by Gasteiger charge is -2.16. The van der Waals surface area contributed by atoms with Crippen molar-refractivity contribution in [3.63, 3.8) is 0 Å². The van der Waals surface area contributed by atoms with E-state index in [1.165, 1.54) is 12.1 Å². The molecule has 4 rings (SSSR count). The minimum Gasteiger partial charge on any atom is -0.487 e. The average Bonchev–Trinajstić information content (AvgIpc) is 3.41. The fourth-order valence-electron chi connectivity index (χ4n) is 3.43. The van der Waals surface area contributed by atoms with E-state index in [1.807, 2.05) is 6.07 Å². The van der Waals surface area contributed by atoms with Gasteiger partial charge in [-0.3, -0.25) is 9.89 Å². The monoisotopic (exact) mass is 431 g/mol. The summed E-state index contributed by atoms with van der Waals surface area (Å²) in [6.07, 6.45) is 0.728. The highest BCUT2D eigenvalue weighted by Gasteiger charge is 2.29. The van der Waals surface area contributed by atoms with Gasteiger partial charge in [-0.2, -0.15) is 5.10 Å². The Morgan fingerprint density at radius 3 is 2.74 bits per heavy atom. The lowest BCUT2D eigenvalue weighted by molar-refractivity contribution is -0.132. The fourth-order valence-corrected chi connectivity index (χ4v) is 3.43. The molecule has 1 amide bonds. The molecule has 1 aromatic heterocycles. The molecule has 2 heterocycles. The van der Waals surface area contributed by atoms with Gasteiger partial charge in [0.1, 0.15) is 24.0 Å². The van der Waals surface area contributed by atoms with Gasteiger partial charge in [0.2, 0.25) is 0 Å². The number of aromatic amines is 1. The first-order valence-electron chi connectivity index (χ1n) is 9.76. The Morgan fingerprint density at radius 2 is 1.94 bits per heavy atom. The van der Waals surface area contributed by atoms with Crippen LogP contribution in [0.4, 0.5) is 13.2 Å². The lowest BCUT2D eigenvalue weighted by atomic mass is 10.1. The highest BCUT2D eigenvalue weighted by molar-refractivity contribution is 5.78. The van der Waals surface area contributed by atoms with Crippen LogP contribution >= 0.6 is 0 Å². The molecule has 1 aliphatic rings. The molecule has 9 heteroatoms. The third kappa shape index (κ3) is 5.17. The first-order chi connectivity index (χ1) is 15.0. The zero-order chi connectivity index (χ0) is 21.8. The first-order valence-corrected chi connectivity index (χ1v) is 9.76. The van der Waals surface area contributed by atoms with Crippen molar-refractivity contribution >= 4 is 5.91 Å². The highest BCUT2D eigenvalue weighted by Crippen LogP contribution is 2.27. The number of carbonyl (C=O) groups excluding carboxylic acids is 1. The van der Waals surface area contributed by atoms with Crippen molar-refractivity contribution in [2.75, 3.05) is 19.7 Å². The molecule has 0 bridgehead atoms. The number of hydrogen-bond donors (Lipinski definition) is 1. The first kappa shape index (κ1) is 20.8. The second-order valence-corrected chi connectivity index (χ2v) is 7.25. The van der Waals surface area contributed by atoms with E-state index in [0.717, 1.165) is 29.9 Å². The summed E-state index contributed by atoms with van der Waals surface area (Å²) in [5, 5.41) is 7.20. The molecule has 0 radical (unpaired) electrons. The largest absolute Gasteiger partial charge is 0.487 e. The van der Waals surface area contributed by atoms with Crippen molar-refractivity contribution < 1.29 is 27.4 Å². The van der Waals surface area contributed by atoms with E-state index < -0.39 is 11.6 Å². The number of H-pyrrole nitrogens is 1. The predicted octanol–water partition coefficient (Wildman–Crippen LogP) is 3.80. The summed E-state index contributed by atoms with van der Waals surface area (Å²) in [6.45, 7) is 0.870. The number of likely N-dealkylation sites (tertiary alicyclic amines) is 1. The zero-order valence-corrected chi connectivity index (χ0v) is 16.5. The van der Waals surface area contributed by atoms with Crippen LogP contribution in [-0.4, -0.2) is 40.7 Å². The molecular weight excluding hydrogens is 411 g/mol. The quantitative estimate of drug-likeness (QED) is 0.618. The molecule has 1 N–H and O–H groups in total. The van der Waals surface area contributed by atoms with Gasteiger partial charge in [-0.1, -0.05) is 6.07 Å². The minimum atomic E-state index is -0.850. The number of amides is 1. The van der Waals surface area contributed by atoms with E-state index in [1.54, 1.807) is 17.0 Å². The molecule has 6 nitrogen and oxygen atoms in total. The minimum absolute atomic E-state index is 0.0469. The molecule has 1 fully saturated rings. The molecule has 1 atom stereocenters. The lowest BCUT2D eigenvalue weighted by Crippen LogP contribution is -2.33. The number of aromatic nitrogens is 2. The third-order valence-corrected chi connectivity index (χ3v) is 5.05. The molecule has 0 saturated carbocycles. The number of halogens is 3. The van der Waals surface area contributed by atoms with Crippen LogP contribution in [-0.2, 0) is 11.4 Å². The molecule has 1 aliphatic heterocycles. The number of ether oxygens (including phenoxy) is 2. The van der Waals surface area contributed by atoms with Crippen LogP contribution in [0.2, 0.25) is 0 Å². The Kier molecular flexibility index (Phi) is 6.11. The Hall–Kier alpha value is -3.49. The molecular formula is C22H20F3N3O3. The van der Waals surface area contributed by atoms with Crippen molar-refractivity contribution in [1.29, 1.82) is 0 Å². The summed E-state index contributed by atoms with van der Waals surface area (Å²) in [5.41, 5.74) is 1.54. The number of hydrogen-bond acceptors (Lipinski definition) is 4. The number of nitrogens with one attached hydrogen (secondary N) is 1. The zero-order valence-electron chi connectivity index (χ0n) is 16.5. The van der Waals surface area contributed by atoms with Gasteiger partial charge in [0, 0.05) is 31.1 Å². The Balaban J connectivity index is 1.28. The van der Waals surface area contributed by atoms with Crippen molar-refractivity contribution in [1.82, 2.24) is 15.1 Å². The van der Waals surface area contributed by atoms with Gasteiger partial charge in [-0.25, -0.2) is 13.2 Å². The van der Waals surface area contributed by atoms with Crippen LogP contribution in [0.15, 0.2) is 48.5 Å². The number of rotatable bonds is 7. The maximum absolute atomic E-state index is 13.6. The van der Waals surface area contributed by atoms with Gasteiger partial charge >= 0.3 is 0 Å². The number of nitrogens with zero attached hydrogens (tertiary/aromatic N) is 2. The van der Waals surface area contributed by atoms with Gasteiger partial charge in [0.05, 0.1) is 11.4 Å². The smallest absolute Gasteiger partial charge is 0.260 e. The van der Waals surface area contributed by atoms with Crippen LogP contribution in [0.25, 0.3) is 0 Å². The second-order valence-electron chi connectivity index (χ2n) is 7.25. The summed E-state index contributed by atoms with van der Waals surface area (Å²) < 4.78 is 50.5. The van der Waals surface area contributed by atoms with E-state index in [9.17, 15) is 18.0 Å². The van der Waals surface area contributed by atoms with Crippen LogP contribution < -0.4 is 9.47 Å². The Labute approximate surface area is 176 Å². The van der Waals surface area contributed by atoms with Crippen molar-refractivity contribution in [2.24, 2.45) is 0 Å². The van der Waals surface area contributed by atoms with E-state index in [2.05, 4.69) is 10.2 Å². The van der Waals surface area contributed by atoms with Crippen molar-refractivity contribution in [3.05, 3.63) is 77.4 Å². The molecule has 162 valence electrons. The Morgan fingerprint density at radius 1 is 1.10 bits per heavy atom. The van der Waals surface area contributed by atoms with Gasteiger partial charge in [0.15, 0.2) is 18.2 Å². The maximum atomic E-state index is 13.6. The molecule has 1 saturated heterocycles. The fraction of sp³-hybridized carbons (Fsp3) is 0.273. The molecule has 0 spiro atoms. The summed E-state index contributed by atoms with van der Waals surface area (Å²) in [4.78, 5) is 14.0. The van der Waals surface area contributed by atoms with Crippen molar-refractivity contribution in [3.8, 4) is 11.5 Å². The normalized spacial score (nSPS) is 15.8. The number of benzene rings is 2. The topological polar surface area (TPSA) is 67.4 Å². The van der Waals surface area contributed by atoms with Crippen LogP contribution in [0.1, 0.15) is 23.7 Å². The van der Waals surface area contributed by atoms with E-state index in [4.69, 9.17) is 9.47 Å². The summed E-state index contributed by atoms with van der Waals surface area (Å²) in [7, 11) is 0. The summed E-state index contributed by atoms with van der Waals surface area (Å²) in [6, 6.07) is 10.7. The standard InChI is InChI=1S/C22H20F3N3O3/c23-15-2-1-3-18(8-15)30-12-17-10-20(27-26-17)14-6-7-28(11-14)22(29)13-31-21-5-4-16(24)9-19(21)25/h1-5,8-10,14H,6-7,11-13H2,(H,26,27). The van der Waals surface area contributed by atoms with Crippen LogP contribution in [0.3, 0.4) is 0 Å². The Bertz CT molecular complexity index is 1070. The van der Waals surface area contributed by atoms with Gasteiger partial charge in [-0.15, -0.1) is 0 Å². The molecule has 2 aromatic carbocycles. The van der Waals surface area contributed by atoms with E-state index in [0.29, 0.717) is 24.9 Å². The van der Waals surface area contributed by atoms with E-state index >= 15 is 0 Å². The van der Waals surface area contributed by atoms with Crippen LogP contribution in [0, 0.1) is 17.5 Å². The third-order valence-electron chi connectivity index (χ3n) is 5.05. The average molecular weight is 431 g/mol. The summed E-state index contributed by atoms with van der Waals surface area (Å²) >= 11 is 0. The van der Waals surface area contributed by atoms with Gasteiger partial charge in [0.25, 0.3) is 5.91 Å². The van der Waals surface area contributed by atoms with Gasteiger partial charge in [-0.05, 0) is 36.8 Å². The van der Waals surface area contributed by atoms with Gasteiger partial charge < -0.3 is 14.4 Å².